The molecule has 1 aliphatic heterocycles. The lowest BCUT2D eigenvalue weighted by Gasteiger charge is -2.26. The van der Waals surface area contributed by atoms with Gasteiger partial charge in [-0.05, 0) is 36.2 Å². The largest absolute Gasteiger partial charge is 0.478 e. The van der Waals surface area contributed by atoms with Gasteiger partial charge in [-0.3, -0.25) is 14.4 Å². The highest BCUT2D eigenvalue weighted by atomic mass is 35.5. The van der Waals surface area contributed by atoms with Crippen molar-refractivity contribution in [1.82, 2.24) is 4.90 Å². The number of carbonyl (C=O) groups is 4. The molecular weight excluding hydrogens is 408 g/mol. The van der Waals surface area contributed by atoms with Gasteiger partial charge in [0.1, 0.15) is 6.04 Å². The number of hydrogen-bond donors (Lipinski definition) is 1. The molecule has 0 unspecified atom stereocenters. The van der Waals surface area contributed by atoms with Crippen LogP contribution in [0.3, 0.4) is 0 Å². The quantitative estimate of drug-likeness (QED) is 0.542. The maximum absolute atomic E-state index is 13.0. The van der Waals surface area contributed by atoms with E-state index in [2.05, 4.69) is 0 Å². The molecule has 8 heteroatoms. The number of hydrogen-bond acceptors (Lipinski definition) is 4. The van der Waals surface area contributed by atoms with Crippen molar-refractivity contribution in [3.05, 3.63) is 77.3 Å². The third-order valence-electron chi connectivity index (χ3n) is 4.72. The van der Waals surface area contributed by atoms with E-state index in [4.69, 9.17) is 16.7 Å². The second-order valence-corrected chi connectivity index (χ2v) is 7.14. The fraction of sp³-hybridized carbons (Fsp3) is 0.182. The number of nitrogens with zero attached hydrogens (tertiary/aromatic N) is 2. The molecule has 0 aliphatic carbocycles. The van der Waals surface area contributed by atoms with Gasteiger partial charge in [-0.15, -0.1) is 0 Å². The normalized spacial score (nSPS) is 16.3. The number of halogens is 1. The average molecular weight is 427 g/mol. The summed E-state index contributed by atoms with van der Waals surface area (Å²) in [6.07, 6.45) is 1.89. The molecule has 0 radical (unpaired) electrons. The number of carboxylic acid groups (broad SMARTS) is 1. The number of benzene rings is 2. The van der Waals surface area contributed by atoms with E-state index < -0.39 is 29.7 Å². The number of carboxylic acids is 1. The summed E-state index contributed by atoms with van der Waals surface area (Å²) in [7, 11) is 0. The maximum atomic E-state index is 13.0. The van der Waals surface area contributed by atoms with Crippen LogP contribution in [0.4, 0.5) is 5.69 Å². The second-order valence-electron chi connectivity index (χ2n) is 6.70. The van der Waals surface area contributed by atoms with E-state index in [0.29, 0.717) is 17.1 Å². The van der Waals surface area contributed by atoms with Crippen LogP contribution in [0.25, 0.3) is 0 Å². The molecule has 1 heterocycles. The van der Waals surface area contributed by atoms with Crippen LogP contribution in [0.15, 0.2) is 66.7 Å². The summed E-state index contributed by atoms with van der Waals surface area (Å²) in [5.41, 5.74) is 1.32. The van der Waals surface area contributed by atoms with E-state index >= 15 is 0 Å². The van der Waals surface area contributed by atoms with Crippen molar-refractivity contribution in [3.63, 3.8) is 0 Å². The maximum Gasteiger partial charge on any atom is 0.328 e. The number of rotatable bonds is 7. The van der Waals surface area contributed by atoms with Gasteiger partial charge < -0.3 is 10.0 Å². The molecule has 154 valence electrons. The summed E-state index contributed by atoms with van der Waals surface area (Å²) >= 11 is 5.87. The number of aliphatic carboxylic acids is 1. The molecule has 2 aromatic carbocycles. The van der Waals surface area contributed by atoms with Crippen molar-refractivity contribution in [1.29, 1.82) is 0 Å². The zero-order valence-corrected chi connectivity index (χ0v) is 16.7. The van der Waals surface area contributed by atoms with Crippen molar-refractivity contribution in [2.24, 2.45) is 0 Å². The fourth-order valence-corrected chi connectivity index (χ4v) is 3.40. The van der Waals surface area contributed by atoms with Gasteiger partial charge in [0.2, 0.25) is 11.8 Å². The van der Waals surface area contributed by atoms with Gasteiger partial charge in [-0.2, -0.15) is 0 Å². The standard InChI is InChI=1S/C22H19ClN2O5/c23-16-6-8-17(9-7-16)25-20(27)14-18(22(25)30)24(19(26)10-11-21(28)29)13-12-15-4-2-1-3-5-15/h1-11,18H,12-14H2,(H,28,29)/b11-10+/t18-/m0/s1. The molecule has 0 aromatic heterocycles. The Bertz CT molecular complexity index is 988. The first-order valence-electron chi connectivity index (χ1n) is 9.24. The minimum absolute atomic E-state index is 0.158. The zero-order valence-electron chi connectivity index (χ0n) is 15.9. The number of imide groups is 1. The molecular formula is C22H19ClN2O5. The first-order chi connectivity index (χ1) is 14.4. The molecule has 1 saturated heterocycles. The monoisotopic (exact) mass is 426 g/mol. The molecule has 0 saturated carbocycles. The molecule has 1 atom stereocenters. The molecule has 0 bridgehead atoms. The second kappa shape index (κ2) is 9.37. The molecule has 1 aliphatic rings. The Morgan fingerprint density at radius 1 is 1.07 bits per heavy atom. The Hall–Kier alpha value is -3.45. The van der Waals surface area contributed by atoms with Gasteiger partial charge in [0.05, 0.1) is 12.1 Å². The highest BCUT2D eigenvalue weighted by Gasteiger charge is 2.43. The Kier molecular flexibility index (Phi) is 6.64. The van der Waals surface area contributed by atoms with E-state index in [-0.39, 0.29) is 13.0 Å². The van der Waals surface area contributed by atoms with Crippen LogP contribution >= 0.6 is 11.6 Å². The van der Waals surface area contributed by atoms with Crippen LogP contribution in [0.2, 0.25) is 5.02 Å². The minimum atomic E-state index is -1.28. The summed E-state index contributed by atoms with van der Waals surface area (Å²) in [6, 6.07) is 14.6. The number of amides is 3. The summed E-state index contributed by atoms with van der Waals surface area (Å²) < 4.78 is 0. The van der Waals surface area contributed by atoms with Crippen LogP contribution in [-0.4, -0.2) is 46.3 Å². The highest BCUT2D eigenvalue weighted by molar-refractivity contribution is 6.31. The summed E-state index contributed by atoms with van der Waals surface area (Å²) in [4.78, 5) is 51.4. The Labute approximate surface area is 178 Å². The summed E-state index contributed by atoms with van der Waals surface area (Å²) in [5, 5.41) is 9.29. The smallest absolute Gasteiger partial charge is 0.328 e. The van der Waals surface area contributed by atoms with E-state index in [1.54, 1.807) is 24.3 Å². The highest BCUT2D eigenvalue weighted by Crippen LogP contribution is 2.27. The molecule has 1 fully saturated rings. The Morgan fingerprint density at radius 3 is 2.37 bits per heavy atom. The lowest BCUT2D eigenvalue weighted by molar-refractivity contribution is -0.135. The first-order valence-corrected chi connectivity index (χ1v) is 9.62. The van der Waals surface area contributed by atoms with Gasteiger partial charge in [0, 0.05) is 23.7 Å². The van der Waals surface area contributed by atoms with Crippen molar-refractivity contribution >= 4 is 41.0 Å². The molecule has 30 heavy (non-hydrogen) atoms. The molecule has 1 N–H and O–H groups in total. The van der Waals surface area contributed by atoms with Gasteiger partial charge in [0.15, 0.2) is 0 Å². The summed E-state index contributed by atoms with van der Waals surface area (Å²) in [5.74, 6) is -2.89. The van der Waals surface area contributed by atoms with Crippen molar-refractivity contribution in [2.75, 3.05) is 11.4 Å². The predicted molar refractivity (Wildman–Crippen MR) is 111 cm³/mol. The third-order valence-corrected chi connectivity index (χ3v) is 4.97. The minimum Gasteiger partial charge on any atom is -0.478 e. The van der Waals surface area contributed by atoms with Crippen molar-refractivity contribution in [3.8, 4) is 0 Å². The van der Waals surface area contributed by atoms with Crippen LogP contribution in [0.5, 0.6) is 0 Å². The van der Waals surface area contributed by atoms with Crippen LogP contribution in [-0.2, 0) is 25.6 Å². The fourth-order valence-electron chi connectivity index (χ4n) is 3.27. The van der Waals surface area contributed by atoms with Crippen LogP contribution in [0, 0.1) is 0 Å². The molecule has 3 amide bonds. The zero-order chi connectivity index (χ0) is 21.7. The SMILES string of the molecule is O=C(O)/C=C/C(=O)N(CCc1ccccc1)[C@H]1CC(=O)N(c2ccc(Cl)cc2)C1=O. The van der Waals surface area contributed by atoms with Gasteiger partial charge in [0.25, 0.3) is 5.91 Å². The van der Waals surface area contributed by atoms with E-state index in [9.17, 15) is 19.2 Å². The van der Waals surface area contributed by atoms with Gasteiger partial charge in [-0.25, -0.2) is 9.69 Å². The first kappa shape index (κ1) is 21.3. The molecule has 3 rings (SSSR count). The van der Waals surface area contributed by atoms with Crippen LogP contribution in [0.1, 0.15) is 12.0 Å². The lowest BCUT2D eigenvalue weighted by atomic mass is 10.1. The number of anilines is 1. The topological polar surface area (TPSA) is 95.0 Å². The van der Waals surface area contributed by atoms with Gasteiger partial charge >= 0.3 is 5.97 Å². The predicted octanol–water partition coefficient (Wildman–Crippen LogP) is 2.68. The van der Waals surface area contributed by atoms with Crippen LogP contribution < -0.4 is 4.90 Å². The van der Waals surface area contributed by atoms with Gasteiger partial charge in [-0.1, -0.05) is 41.9 Å². The molecule has 7 nitrogen and oxygen atoms in total. The van der Waals surface area contributed by atoms with E-state index in [1.165, 1.54) is 4.90 Å². The third kappa shape index (κ3) is 4.93. The molecule has 2 aromatic rings. The average Bonchev–Trinajstić information content (AvgIpc) is 3.02. The summed E-state index contributed by atoms with van der Waals surface area (Å²) in [6.45, 7) is 0.158. The van der Waals surface area contributed by atoms with Crippen molar-refractivity contribution in [2.45, 2.75) is 18.9 Å². The van der Waals surface area contributed by atoms with E-state index in [0.717, 1.165) is 22.6 Å². The molecule has 0 spiro atoms. The van der Waals surface area contributed by atoms with Crippen molar-refractivity contribution < 1.29 is 24.3 Å². The Balaban J connectivity index is 1.85. The van der Waals surface area contributed by atoms with E-state index in [1.807, 2.05) is 30.3 Å². The number of carbonyl (C=O) groups excluding carboxylic acids is 3. The lowest BCUT2D eigenvalue weighted by Crippen LogP contribution is -2.45. The Morgan fingerprint density at radius 2 is 1.73 bits per heavy atom.